The lowest BCUT2D eigenvalue weighted by Gasteiger charge is -2.25. The number of carbonyl (C=O) groups excluding carboxylic acids is 2. The molecular formula is C27H43NO9. The number of carbonyl (C=O) groups is 3. The summed E-state index contributed by atoms with van der Waals surface area (Å²) in [4.78, 5) is 37.4. The molecule has 3 unspecified atom stereocenters. The summed E-state index contributed by atoms with van der Waals surface area (Å²) in [7, 11) is 0. The van der Waals surface area contributed by atoms with Gasteiger partial charge in [-0.3, -0.25) is 19.0 Å². The van der Waals surface area contributed by atoms with Crippen LogP contribution in [-0.2, 0) is 30.3 Å². The zero-order valence-electron chi connectivity index (χ0n) is 22.3. The van der Waals surface area contributed by atoms with E-state index in [1.54, 1.807) is 6.92 Å². The first-order valence-electron chi connectivity index (χ1n) is 13.4. The van der Waals surface area contributed by atoms with Crippen LogP contribution < -0.4 is 0 Å². The predicted octanol–water partition coefficient (Wildman–Crippen LogP) is 3.87. The molecule has 0 radical (unpaired) electrons. The van der Waals surface area contributed by atoms with Crippen LogP contribution in [0.2, 0.25) is 0 Å². The number of unbranched alkanes of at least 4 members (excludes halogenated alkanes) is 1. The van der Waals surface area contributed by atoms with Crippen molar-refractivity contribution in [2.75, 3.05) is 19.8 Å². The Labute approximate surface area is 218 Å². The van der Waals surface area contributed by atoms with Crippen molar-refractivity contribution >= 4 is 17.9 Å². The third-order valence-electron chi connectivity index (χ3n) is 7.28. The van der Waals surface area contributed by atoms with Gasteiger partial charge in [0.1, 0.15) is 6.61 Å². The van der Waals surface area contributed by atoms with Crippen molar-refractivity contribution in [3.63, 3.8) is 0 Å². The van der Waals surface area contributed by atoms with Gasteiger partial charge >= 0.3 is 17.9 Å². The largest absolute Gasteiger partial charge is 0.494 e. The second kappa shape index (κ2) is 14.9. The van der Waals surface area contributed by atoms with Crippen molar-refractivity contribution < 1.29 is 44.3 Å². The van der Waals surface area contributed by atoms with E-state index < -0.39 is 35.7 Å². The SMILES string of the molecule is CCCCOC(=O)C(CC(C)C(=O)O)CC(Cc1c(C)c(O)n(C2CCCCC2)c1O)C(=O)OCCO. The number of aliphatic carboxylic acids is 1. The molecule has 10 heteroatoms. The van der Waals surface area contributed by atoms with E-state index in [4.69, 9.17) is 14.6 Å². The van der Waals surface area contributed by atoms with Crippen LogP contribution in [0.5, 0.6) is 11.8 Å². The summed E-state index contributed by atoms with van der Waals surface area (Å²) in [6, 6.07) is -0.0429. The molecule has 1 heterocycles. The van der Waals surface area contributed by atoms with E-state index in [-0.39, 0.29) is 56.9 Å². The van der Waals surface area contributed by atoms with E-state index >= 15 is 0 Å². The fourth-order valence-electron chi connectivity index (χ4n) is 5.03. The lowest BCUT2D eigenvalue weighted by Crippen LogP contribution is -2.30. The molecule has 2 rings (SSSR count). The van der Waals surface area contributed by atoms with E-state index in [9.17, 15) is 29.7 Å². The number of esters is 2. The monoisotopic (exact) mass is 525 g/mol. The van der Waals surface area contributed by atoms with Crippen LogP contribution in [0.1, 0.15) is 88.8 Å². The molecule has 0 saturated heterocycles. The first-order chi connectivity index (χ1) is 17.6. The Kier molecular flexibility index (Phi) is 12.2. The van der Waals surface area contributed by atoms with Crippen molar-refractivity contribution in [3.05, 3.63) is 11.1 Å². The number of aromatic hydroxyl groups is 2. The number of aromatic nitrogens is 1. The zero-order chi connectivity index (χ0) is 27.5. The van der Waals surface area contributed by atoms with Gasteiger partial charge in [-0.2, -0.15) is 0 Å². The molecule has 4 N–H and O–H groups in total. The molecule has 0 aliphatic heterocycles. The number of nitrogens with zero attached hydrogens (tertiary/aromatic N) is 1. The van der Waals surface area contributed by atoms with E-state index in [2.05, 4.69) is 0 Å². The van der Waals surface area contributed by atoms with Gasteiger partial charge in [0.05, 0.1) is 31.0 Å². The average molecular weight is 526 g/mol. The van der Waals surface area contributed by atoms with Crippen molar-refractivity contribution in [2.24, 2.45) is 17.8 Å². The normalized spacial score (nSPS) is 16.6. The molecule has 1 aromatic heterocycles. The van der Waals surface area contributed by atoms with E-state index in [1.807, 2.05) is 6.92 Å². The number of carboxylic acid groups (broad SMARTS) is 1. The lowest BCUT2D eigenvalue weighted by atomic mass is 9.84. The van der Waals surface area contributed by atoms with Crippen molar-refractivity contribution in [3.8, 4) is 11.8 Å². The molecule has 1 aliphatic rings. The van der Waals surface area contributed by atoms with Crippen molar-refractivity contribution in [2.45, 2.75) is 91.0 Å². The summed E-state index contributed by atoms with van der Waals surface area (Å²) in [6.45, 7) is 4.71. The molecule has 210 valence electrons. The number of aliphatic hydroxyl groups excluding tert-OH is 1. The molecule has 3 atom stereocenters. The van der Waals surface area contributed by atoms with E-state index in [0.29, 0.717) is 17.5 Å². The Morgan fingerprint density at radius 1 is 0.973 bits per heavy atom. The molecule has 1 aromatic rings. The Balaban J connectivity index is 2.36. The minimum absolute atomic E-state index is 0.0185. The number of hydrogen-bond acceptors (Lipinski definition) is 8. The third kappa shape index (κ3) is 8.38. The molecule has 1 saturated carbocycles. The molecule has 0 aromatic carbocycles. The summed E-state index contributed by atoms with van der Waals surface area (Å²) in [6.07, 6.45) is 6.14. The summed E-state index contributed by atoms with van der Waals surface area (Å²) in [5.41, 5.74) is 0.836. The second-order valence-corrected chi connectivity index (χ2v) is 10.1. The van der Waals surface area contributed by atoms with Crippen LogP contribution in [-0.4, -0.2) is 62.7 Å². The topological polar surface area (TPSA) is 156 Å². The first-order valence-corrected chi connectivity index (χ1v) is 13.4. The lowest BCUT2D eigenvalue weighted by molar-refractivity contribution is -0.154. The van der Waals surface area contributed by atoms with Gasteiger partial charge < -0.3 is 29.9 Å². The van der Waals surface area contributed by atoms with E-state index in [1.165, 1.54) is 11.5 Å². The number of carboxylic acids is 1. The number of aliphatic hydroxyl groups is 1. The Morgan fingerprint density at radius 2 is 1.59 bits per heavy atom. The fraction of sp³-hybridized carbons (Fsp3) is 0.741. The molecule has 37 heavy (non-hydrogen) atoms. The third-order valence-corrected chi connectivity index (χ3v) is 7.28. The minimum atomic E-state index is -1.06. The van der Waals surface area contributed by atoms with Gasteiger partial charge in [-0.1, -0.05) is 39.5 Å². The molecule has 1 fully saturated rings. The highest BCUT2D eigenvalue weighted by atomic mass is 16.5. The highest BCUT2D eigenvalue weighted by molar-refractivity contribution is 5.77. The van der Waals surface area contributed by atoms with Crippen molar-refractivity contribution in [1.29, 1.82) is 0 Å². The summed E-state index contributed by atoms with van der Waals surface area (Å²) < 4.78 is 12.1. The van der Waals surface area contributed by atoms with Crippen LogP contribution in [0, 0.1) is 24.7 Å². The maximum atomic E-state index is 13.0. The molecular weight excluding hydrogens is 482 g/mol. The second-order valence-electron chi connectivity index (χ2n) is 10.1. The van der Waals surface area contributed by atoms with Gasteiger partial charge in [0, 0.05) is 17.2 Å². The molecule has 0 bridgehead atoms. The Bertz CT molecular complexity index is 904. The van der Waals surface area contributed by atoms with Crippen LogP contribution in [0.3, 0.4) is 0 Å². The first kappa shape index (κ1) is 30.5. The summed E-state index contributed by atoms with van der Waals surface area (Å²) in [5.74, 6) is -5.12. The number of hydrogen-bond donors (Lipinski definition) is 4. The van der Waals surface area contributed by atoms with Crippen molar-refractivity contribution in [1.82, 2.24) is 4.57 Å². The Hall–Kier alpha value is -2.75. The van der Waals surface area contributed by atoms with Crippen LogP contribution in [0.15, 0.2) is 0 Å². The predicted molar refractivity (Wildman–Crippen MR) is 135 cm³/mol. The highest BCUT2D eigenvalue weighted by Crippen LogP contribution is 2.42. The van der Waals surface area contributed by atoms with Gasteiger partial charge in [-0.05, 0) is 45.4 Å². The average Bonchev–Trinajstić information content (AvgIpc) is 3.09. The van der Waals surface area contributed by atoms with Crippen LogP contribution in [0.4, 0.5) is 0 Å². The van der Waals surface area contributed by atoms with Gasteiger partial charge in [-0.25, -0.2) is 0 Å². The maximum absolute atomic E-state index is 13.0. The zero-order valence-corrected chi connectivity index (χ0v) is 22.3. The fourth-order valence-corrected chi connectivity index (χ4v) is 5.03. The molecule has 10 nitrogen and oxygen atoms in total. The van der Waals surface area contributed by atoms with Gasteiger partial charge in [-0.15, -0.1) is 0 Å². The maximum Gasteiger partial charge on any atom is 0.309 e. The van der Waals surface area contributed by atoms with Gasteiger partial charge in [0.2, 0.25) is 0 Å². The molecule has 0 amide bonds. The Morgan fingerprint density at radius 3 is 2.19 bits per heavy atom. The van der Waals surface area contributed by atoms with Gasteiger partial charge in [0.15, 0.2) is 11.8 Å². The summed E-state index contributed by atoms with van der Waals surface area (Å²) in [5, 5.41) is 40.5. The quantitative estimate of drug-likeness (QED) is 0.197. The van der Waals surface area contributed by atoms with Gasteiger partial charge in [0.25, 0.3) is 0 Å². The highest BCUT2D eigenvalue weighted by Gasteiger charge is 2.35. The van der Waals surface area contributed by atoms with Crippen LogP contribution in [0.25, 0.3) is 0 Å². The number of rotatable bonds is 15. The number of ether oxygens (including phenoxy) is 2. The van der Waals surface area contributed by atoms with Crippen LogP contribution >= 0.6 is 0 Å². The standard InChI is InChI=1S/C27H43NO9/c1-4-5-12-36-26(34)19(14-17(2)25(32)33)15-20(27(35)37-13-11-29)16-22-18(3)23(30)28(24(22)31)21-9-7-6-8-10-21/h17,19-21,29-31H,4-16H2,1-3H3,(H,32,33). The molecule has 1 aliphatic carbocycles. The minimum Gasteiger partial charge on any atom is -0.494 e. The summed E-state index contributed by atoms with van der Waals surface area (Å²) >= 11 is 0. The molecule has 0 spiro atoms. The smallest absolute Gasteiger partial charge is 0.309 e. The van der Waals surface area contributed by atoms with E-state index in [0.717, 1.165) is 38.5 Å².